The second-order valence-corrected chi connectivity index (χ2v) is 6.33. The molecule has 94 valence electrons. The summed E-state index contributed by atoms with van der Waals surface area (Å²) in [7, 11) is -3.06. The normalized spacial score (nSPS) is 15.8. The predicted octanol–water partition coefficient (Wildman–Crippen LogP) is 0.884. The highest BCUT2D eigenvalue weighted by molar-refractivity contribution is 7.90. The van der Waals surface area contributed by atoms with Crippen LogP contribution in [0.2, 0.25) is 0 Å². The molecule has 0 spiro atoms. The van der Waals surface area contributed by atoms with Crippen molar-refractivity contribution in [2.45, 2.75) is 25.0 Å². The van der Waals surface area contributed by atoms with Gasteiger partial charge in [0.2, 0.25) is 10.0 Å². The summed E-state index contributed by atoms with van der Waals surface area (Å²) in [4.78, 5) is 4.17. The van der Waals surface area contributed by atoms with Crippen molar-refractivity contribution in [2.75, 3.05) is 18.4 Å². The molecule has 0 bridgehead atoms. The molecule has 2 rings (SSSR count). The second kappa shape index (κ2) is 5.01. The fourth-order valence-corrected chi connectivity index (χ4v) is 2.83. The molecule has 17 heavy (non-hydrogen) atoms. The maximum absolute atomic E-state index is 11.5. The third-order valence-corrected chi connectivity index (χ3v) is 4.56. The van der Waals surface area contributed by atoms with Gasteiger partial charge >= 0.3 is 0 Å². The molecule has 5 nitrogen and oxygen atoms in total. The molecule has 1 aromatic rings. The highest BCUT2D eigenvalue weighted by atomic mass is 32.2. The average Bonchev–Trinajstić information content (AvgIpc) is 3.11. The van der Waals surface area contributed by atoms with Crippen LogP contribution in [0.3, 0.4) is 0 Å². The molecule has 1 saturated carbocycles. The molecule has 0 amide bonds. The van der Waals surface area contributed by atoms with Gasteiger partial charge in [0.1, 0.15) is 5.82 Å². The smallest absolute Gasteiger partial charge is 0.214 e. The van der Waals surface area contributed by atoms with Gasteiger partial charge in [-0.2, -0.15) is 0 Å². The summed E-state index contributed by atoms with van der Waals surface area (Å²) in [6, 6.07) is 3.84. The van der Waals surface area contributed by atoms with E-state index in [1.165, 1.54) is 0 Å². The zero-order valence-electron chi connectivity index (χ0n) is 9.81. The molecule has 0 aromatic carbocycles. The molecule has 0 aliphatic heterocycles. The van der Waals surface area contributed by atoms with Crippen LogP contribution in [0.1, 0.15) is 18.4 Å². The topological polar surface area (TPSA) is 71.1 Å². The molecule has 1 fully saturated rings. The summed E-state index contributed by atoms with van der Waals surface area (Å²) in [5.41, 5.74) is 1.10. The van der Waals surface area contributed by atoms with Gasteiger partial charge < -0.3 is 5.32 Å². The van der Waals surface area contributed by atoms with E-state index in [1.807, 2.05) is 19.1 Å². The summed E-state index contributed by atoms with van der Waals surface area (Å²) >= 11 is 0. The summed E-state index contributed by atoms with van der Waals surface area (Å²) < 4.78 is 25.6. The molecule has 0 unspecified atom stereocenters. The van der Waals surface area contributed by atoms with Crippen molar-refractivity contribution in [3.8, 4) is 0 Å². The number of aryl methyl sites for hydroxylation is 1. The Labute approximate surface area is 102 Å². The lowest BCUT2D eigenvalue weighted by Gasteiger charge is -2.07. The van der Waals surface area contributed by atoms with Crippen LogP contribution < -0.4 is 10.0 Å². The number of rotatable bonds is 6. The fraction of sp³-hybridized carbons (Fsp3) is 0.545. The molecular formula is C11H17N3O2S. The molecule has 0 saturated heterocycles. The molecule has 2 N–H and O–H groups in total. The van der Waals surface area contributed by atoms with Gasteiger partial charge in [0.15, 0.2) is 0 Å². The maximum atomic E-state index is 11.5. The van der Waals surface area contributed by atoms with Crippen molar-refractivity contribution in [3.63, 3.8) is 0 Å². The van der Waals surface area contributed by atoms with Crippen molar-refractivity contribution in [3.05, 3.63) is 23.9 Å². The fourth-order valence-electron chi connectivity index (χ4n) is 1.45. The Hall–Kier alpha value is -1.14. The first-order valence-electron chi connectivity index (χ1n) is 5.73. The second-order valence-electron chi connectivity index (χ2n) is 4.29. The Morgan fingerprint density at radius 3 is 2.71 bits per heavy atom. The number of nitrogens with one attached hydrogen (secondary N) is 2. The average molecular weight is 255 g/mol. The van der Waals surface area contributed by atoms with Crippen molar-refractivity contribution < 1.29 is 8.42 Å². The Balaban J connectivity index is 1.71. The monoisotopic (exact) mass is 255 g/mol. The van der Waals surface area contributed by atoms with E-state index in [0.29, 0.717) is 13.1 Å². The molecule has 1 aromatic heterocycles. The van der Waals surface area contributed by atoms with Gasteiger partial charge in [-0.1, -0.05) is 6.07 Å². The van der Waals surface area contributed by atoms with E-state index in [-0.39, 0.29) is 5.25 Å². The highest BCUT2D eigenvalue weighted by Gasteiger charge is 2.35. The van der Waals surface area contributed by atoms with Crippen LogP contribution in [-0.2, 0) is 10.0 Å². The predicted molar refractivity (Wildman–Crippen MR) is 67.4 cm³/mol. The largest absolute Gasteiger partial charge is 0.369 e. The van der Waals surface area contributed by atoms with E-state index >= 15 is 0 Å². The molecular weight excluding hydrogens is 238 g/mol. The van der Waals surface area contributed by atoms with Crippen molar-refractivity contribution in [2.24, 2.45) is 0 Å². The zero-order chi connectivity index (χ0) is 12.3. The molecule has 1 heterocycles. The van der Waals surface area contributed by atoms with Crippen LogP contribution >= 0.6 is 0 Å². The van der Waals surface area contributed by atoms with E-state index in [0.717, 1.165) is 24.2 Å². The van der Waals surface area contributed by atoms with Gasteiger partial charge in [0.05, 0.1) is 5.25 Å². The standard InChI is InChI=1S/C11H17N3O2S/c1-9-2-5-11(13-8-9)12-6-7-14-17(15,16)10-3-4-10/h2,5,8,10,14H,3-4,6-7H2,1H3,(H,12,13). The first kappa shape index (κ1) is 12.3. The summed E-state index contributed by atoms with van der Waals surface area (Å²) in [6.07, 6.45) is 3.36. The number of sulfonamides is 1. The van der Waals surface area contributed by atoms with Gasteiger partial charge in [0, 0.05) is 19.3 Å². The molecule has 6 heteroatoms. The lowest BCUT2D eigenvalue weighted by Crippen LogP contribution is -2.31. The van der Waals surface area contributed by atoms with Crippen LogP contribution in [-0.4, -0.2) is 31.7 Å². The van der Waals surface area contributed by atoms with Crippen LogP contribution in [0.15, 0.2) is 18.3 Å². The van der Waals surface area contributed by atoms with Crippen LogP contribution in [0.5, 0.6) is 0 Å². The van der Waals surface area contributed by atoms with Gasteiger partial charge in [-0.3, -0.25) is 0 Å². The van der Waals surface area contributed by atoms with Crippen LogP contribution in [0.25, 0.3) is 0 Å². The number of anilines is 1. The molecule has 0 atom stereocenters. The lowest BCUT2D eigenvalue weighted by molar-refractivity contribution is 0.581. The molecule has 1 aliphatic carbocycles. The summed E-state index contributed by atoms with van der Waals surface area (Å²) in [6.45, 7) is 2.91. The number of nitrogens with zero attached hydrogens (tertiary/aromatic N) is 1. The Morgan fingerprint density at radius 1 is 1.35 bits per heavy atom. The van der Waals surface area contributed by atoms with E-state index in [9.17, 15) is 8.42 Å². The Bertz CT molecular complexity index is 466. The summed E-state index contributed by atoms with van der Waals surface area (Å²) in [5.74, 6) is 0.765. The maximum Gasteiger partial charge on any atom is 0.214 e. The Morgan fingerprint density at radius 2 is 2.12 bits per heavy atom. The van der Waals surface area contributed by atoms with Crippen LogP contribution in [0.4, 0.5) is 5.82 Å². The third-order valence-electron chi connectivity index (χ3n) is 2.61. The minimum Gasteiger partial charge on any atom is -0.369 e. The van der Waals surface area contributed by atoms with Gasteiger partial charge in [-0.25, -0.2) is 18.1 Å². The number of hydrogen-bond acceptors (Lipinski definition) is 4. The lowest BCUT2D eigenvalue weighted by atomic mass is 10.3. The SMILES string of the molecule is Cc1ccc(NCCNS(=O)(=O)C2CC2)nc1. The summed E-state index contributed by atoms with van der Waals surface area (Å²) in [5, 5.41) is 2.91. The highest BCUT2D eigenvalue weighted by Crippen LogP contribution is 2.27. The Kier molecular flexibility index (Phi) is 3.63. The van der Waals surface area contributed by atoms with Gasteiger partial charge in [-0.15, -0.1) is 0 Å². The minimum absolute atomic E-state index is 0.153. The number of hydrogen-bond donors (Lipinski definition) is 2. The van der Waals surface area contributed by atoms with Crippen molar-refractivity contribution in [1.29, 1.82) is 0 Å². The first-order valence-corrected chi connectivity index (χ1v) is 7.27. The van der Waals surface area contributed by atoms with Crippen molar-refractivity contribution >= 4 is 15.8 Å². The van der Waals surface area contributed by atoms with Crippen LogP contribution in [0, 0.1) is 6.92 Å². The third kappa shape index (κ3) is 3.67. The quantitative estimate of drug-likeness (QED) is 0.740. The molecule has 0 radical (unpaired) electrons. The van der Waals surface area contributed by atoms with E-state index < -0.39 is 10.0 Å². The van der Waals surface area contributed by atoms with E-state index in [4.69, 9.17) is 0 Å². The van der Waals surface area contributed by atoms with Gasteiger partial charge in [-0.05, 0) is 31.4 Å². The first-order chi connectivity index (χ1) is 8.08. The number of pyridine rings is 1. The number of aromatic nitrogens is 1. The van der Waals surface area contributed by atoms with E-state index in [2.05, 4.69) is 15.0 Å². The van der Waals surface area contributed by atoms with Gasteiger partial charge in [0.25, 0.3) is 0 Å². The van der Waals surface area contributed by atoms with Crippen molar-refractivity contribution in [1.82, 2.24) is 9.71 Å². The molecule has 1 aliphatic rings. The minimum atomic E-state index is -3.06. The zero-order valence-corrected chi connectivity index (χ0v) is 10.6. The van der Waals surface area contributed by atoms with E-state index in [1.54, 1.807) is 6.20 Å².